The van der Waals surface area contributed by atoms with Gasteiger partial charge in [-0.25, -0.2) is 12.7 Å². The number of benzene rings is 2. The molecule has 0 amide bonds. The predicted molar refractivity (Wildman–Crippen MR) is 89.2 cm³/mol. The van der Waals surface area contributed by atoms with Gasteiger partial charge in [0.2, 0.25) is 10.0 Å². The molecule has 0 spiro atoms. The van der Waals surface area contributed by atoms with Gasteiger partial charge in [0.05, 0.1) is 5.75 Å². The Balaban J connectivity index is 1.70. The van der Waals surface area contributed by atoms with Crippen LogP contribution in [0.3, 0.4) is 0 Å². The van der Waals surface area contributed by atoms with E-state index in [2.05, 4.69) is 12.1 Å². The molecule has 2 aromatic carbocycles. The number of nitrogens with zero attached hydrogens (tertiary/aromatic N) is 1. The summed E-state index contributed by atoms with van der Waals surface area (Å²) in [6.07, 6.45) is 0.900. The second kappa shape index (κ2) is 6.23. The molecule has 1 saturated heterocycles. The van der Waals surface area contributed by atoms with Crippen LogP contribution in [0.15, 0.2) is 54.6 Å². The van der Waals surface area contributed by atoms with E-state index >= 15 is 0 Å². The van der Waals surface area contributed by atoms with Crippen molar-refractivity contribution in [1.82, 2.24) is 4.31 Å². The average molecular weight is 315 g/mol. The summed E-state index contributed by atoms with van der Waals surface area (Å²) in [6.45, 7) is 3.22. The van der Waals surface area contributed by atoms with Gasteiger partial charge in [0.15, 0.2) is 0 Å². The van der Waals surface area contributed by atoms with Gasteiger partial charge in [-0.05, 0) is 30.4 Å². The third-order valence-corrected chi connectivity index (χ3v) is 6.10. The van der Waals surface area contributed by atoms with Gasteiger partial charge in [0, 0.05) is 13.1 Å². The molecular weight excluding hydrogens is 294 g/mol. The Morgan fingerprint density at radius 3 is 2.41 bits per heavy atom. The molecule has 1 aliphatic rings. The van der Waals surface area contributed by atoms with Gasteiger partial charge in [0.25, 0.3) is 0 Å². The van der Waals surface area contributed by atoms with E-state index < -0.39 is 10.0 Å². The van der Waals surface area contributed by atoms with Crippen molar-refractivity contribution in [1.29, 1.82) is 0 Å². The van der Waals surface area contributed by atoms with Crippen LogP contribution in [-0.2, 0) is 15.8 Å². The summed E-state index contributed by atoms with van der Waals surface area (Å²) in [4.78, 5) is 0. The highest BCUT2D eigenvalue weighted by Crippen LogP contribution is 2.29. The lowest BCUT2D eigenvalue weighted by atomic mass is 9.99. The van der Waals surface area contributed by atoms with E-state index in [1.165, 1.54) is 5.56 Å². The molecule has 0 aromatic heterocycles. The maximum atomic E-state index is 12.6. The maximum Gasteiger partial charge on any atom is 0.218 e. The Morgan fingerprint density at radius 2 is 1.73 bits per heavy atom. The van der Waals surface area contributed by atoms with E-state index in [0.29, 0.717) is 19.0 Å². The normalized spacial score (nSPS) is 19.4. The van der Waals surface area contributed by atoms with Gasteiger partial charge >= 0.3 is 0 Å². The minimum atomic E-state index is -3.23. The fourth-order valence-electron chi connectivity index (χ4n) is 2.96. The molecule has 3 nitrogen and oxygen atoms in total. The van der Waals surface area contributed by atoms with Crippen LogP contribution >= 0.6 is 0 Å². The van der Waals surface area contributed by atoms with Crippen molar-refractivity contribution in [3.8, 4) is 0 Å². The Hall–Kier alpha value is -1.65. The Kier molecular flexibility index (Phi) is 4.32. The van der Waals surface area contributed by atoms with Crippen molar-refractivity contribution < 1.29 is 8.42 Å². The molecule has 0 aliphatic carbocycles. The van der Waals surface area contributed by atoms with Crippen molar-refractivity contribution in [3.63, 3.8) is 0 Å². The minimum absolute atomic E-state index is 0.0921. The van der Waals surface area contributed by atoms with Gasteiger partial charge in [-0.1, -0.05) is 60.2 Å². The SMILES string of the molecule is Cc1ccc(CS(=O)(=O)N2CCC(c3ccccc3)C2)cc1. The van der Waals surface area contributed by atoms with E-state index in [0.717, 1.165) is 17.5 Å². The van der Waals surface area contributed by atoms with Crippen LogP contribution < -0.4 is 0 Å². The van der Waals surface area contributed by atoms with Crippen molar-refractivity contribution >= 4 is 10.0 Å². The summed E-state index contributed by atoms with van der Waals surface area (Å²) in [7, 11) is -3.23. The first kappa shape index (κ1) is 15.3. The van der Waals surface area contributed by atoms with Gasteiger partial charge in [-0.2, -0.15) is 0 Å². The van der Waals surface area contributed by atoms with Gasteiger partial charge in [0.1, 0.15) is 0 Å². The fourth-order valence-corrected chi connectivity index (χ4v) is 4.55. The quantitative estimate of drug-likeness (QED) is 0.868. The van der Waals surface area contributed by atoms with Crippen LogP contribution in [0, 0.1) is 6.92 Å². The van der Waals surface area contributed by atoms with Crippen molar-refractivity contribution in [2.75, 3.05) is 13.1 Å². The summed E-state index contributed by atoms with van der Waals surface area (Å²) < 4.78 is 26.8. The van der Waals surface area contributed by atoms with Crippen LogP contribution in [0.4, 0.5) is 0 Å². The van der Waals surface area contributed by atoms with Crippen LogP contribution in [0.5, 0.6) is 0 Å². The Labute approximate surface area is 132 Å². The van der Waals surface area contributed by atoms with E-state index in [9.17, 15) is 8.42 Å². The molecular formula is C18H21NO2S. The molecule has 116 valence electrons. The lowest BCUT2D eigenvalue weighted by molar-refractivity contribution is 0.472. The zero-order valence-corrected chi connectivity index (χ0v) is 13.6. The average Bonchev–Trinajstić information content (AvgIpc) is 3.01. The summed E-state index contributed by atoms with van der Waals surface area (Å²) >= 11 is 0. The molecule has 4 heteroatoms. The van der Waals surface area contributed by atoms with Crippen molar-refractivity contribution in [2.45, 2.75) is 25.0 Å². The molecule has 0 bridgehead atoms. The van der Waals surface area contributed by atoms with Crippen molar-refractivity contribution in [3.05, 3.63) is 71.3 Å². The van der Waals surface area contributed by atoms with Crippen LogP contribution in [0.1, 0.15) is 29.0 Å². The molecule has 3 rings (SSSR count). The number of hydrogen-bond acceptors (Lipinski definition) is 2. The molecule has 0 radical (unpaired) electrons. The molecule has 1 fully saturated rings. The number of rotatable bonds is 4. The first-order chi connectivity index (χ1) is 10.5. The van der Waals surface area contributed by atoms with E-state index in [1.54, 1.807) is 4.31 Å². The lowest BCUT2D eigenvalue weighted by Gasteiger charge is -2.17. The van der Waals surface area contributed by atoms with E-state index in [-0.39, 0.29) is 5.75 Å². The molecule has 0 saturated carbocycles. The van der Waals surface area contributed by atoms with Crippen LogP contribution in [0.2, 0.25) is 0 Å². The smallest absolute Gasteiger partial charge is 0.212 e. The third kappa shape index (κ3) is 3.39. The predicted octanol–water partition coefficient (Wildman–Crippen LogP) is 3.31. The van der Waals surface area contributed by atoms with Crippen molar-refractivity contribution in [2.24, 2.45) is 0 Å². The first-order valence-corrected chi connectivity index (χ1v) is 9.24. The zero-order valence-electron chi connectivity index (χ0n) is 12.8. The Morgan fingerprint density at radius 1 is 1.05 bits per heavy atom. The summed E-state index contributed by atoms with van der Waals surface area (Å²) in [6, 6.07) is 17.9. The molecule has 2 aromatic rings. The molecule has 1 unspecified atom stereocenters. The third-order valence-electron chi connectivity index (χ3n) is 4.29. The second-order valence-corrected chi connectivity index (χ2v) is 7.97. The highest BCUT2D eigenvalue weighted by atomic mass is 32.2. The summed E-state index contributed by atoms with van der Waals surface area (Å²) in [5.41, 5.74) is 3.23. The zero-order chi connectivity index (χ0) is 15.6. The summed E-state index contributed by atoms with van der Waals surface area (Å²) in [5, 5.41) is 0. The molecule has 0 N–H and O–H groups in total. The number of hydrogen-bond donors (Lipinski definition) is 0. The molecule has 1 heterocycles. The van der Waals surface area contributed by atoms with Gasteiger partial charge in [-0.3, -0.25) is 0 Å². The van der Waals surface area contributed by atoms with E-state index in [1.807, 2.05) is 49.4 Å². The molecule has 1 atom stereocenters. The fraction of sp³-hybridized carbons (Fsp3) is 0.333. The second-order valence-electron chi connectivity index (χ2n) is 6.00. The molecule has 1 aliphatic heterocycles. The van der Waals surface area contributed by atoms with Gasteiger partial charge < -0.3 is 0 Å². The minimum Gasteiger partial charge on any atom is -0.212 e. The van der Waals surface area contributed by atoms with Crippen LogP contribution in [0.25, 0.3) is 0 Å². The monoisotopic (exact) mass is 315 g/mol. The largest absolute Gasteiger partial charge is 0.218 e. The topological polar surface area (TPSA) is 37.4 Å². The number of aryl methyl sites for hydroxylation is 1. The van der Waals surface area contributed by atoms with E-state index in [4.69, 9.17) is 0 Å². The number of sulfonamides is 1. The standard InChI is InChI=1S/C18H21NO2S/c1-15-7-9-16(10-8-15)14-22(20,21)19-12-11-18(13-19)17-5-3-2-4-6-17/h2-10,18H,11-14H2,1H3. The lowest BCUT2D eigenvalue weighted by Crippen LogP contribution is -2.29. The molecule has 22 heavy (non-hydrogen) atoms. The maximum absolute atomic E-state index is 12.6. The highest BCUT2D eigenvalue weighted by Gasteiger charge is 2.31. The first-order valence-electron chi connectivity index (χ1n) is 7.63. The highest BCUT2D eigenvalue weighted by molar-refractivity contribution is 7.88. The summed E-state index contributed by atoms with van der Waals surface area (Å²) in [5.74, 6) is 0.406. The Bertz CT molecular complexity index is 723. The van der Waals surface area contributed by atoms with Crippen LogP contribution in [-0.4, -0.2) is 25.8 Å². The van der Waals surface area contributed by atoms with Gasteiger partial charge in [-0.15, -0.1) is 0 Å².